The van der Waals surface area contributed by atoms with Crippen LogP contribution in [0.25, 0.3) is 0 Å². The molecular weight excluding hydrogens is 320 g/mol. The molecule has 0 spiro atoms. The Kier molecular flexibility index (Phi) is 7.48. The second-order valence-electron chi connectivity index (χ2n) is 6.28. The first-order chi connectivity index (χ1) is 11.7. The van der Waals surface area contributed by atoms with Crippen molar-refractivity contribution in [2.45, 2.75) is 46.7 Å². The van der Waals surface area contributed by atoms with Crippen molar-refractivity contribution in [1.82, 2.24) is 4.90 Å². The minimum Gasteiger partial charge on any atom is -0.468 e. The number of amidine groups is 1. The van der Waals surface area contributed by atoms with Crippen molar-refractivity contribution >= 4 is 23.5 Å². The highest BCUT2D eigenvalue weighted by molar-refractivity contribution is 6.22. The van der Waals surface area contributed by atoms with Crippen molar-refractivity contribution in [3.8, 4) is 0 Å². The third-order valence-corrected chi connectivity index (χ3v) is 3.49. The first kappa shape index (κ1) is 20.5. The summed E-state index contributed by atoms with van der Waals surface area (Å²) in [6, 6.07) is 8.20. The van der Waals surface area contributed by atoms with Crippen LogP contribution in [0.2, 0.25) is 0 Å². The maximum atomic E-state index is 13.0. The van der Waals surface area contributed by atoms with Crippen molar-refractivity contribution in [2.24, 2.45) is 10.9 Å². The second kappa shape index (κ2) is 9.11. The fourth-order valence-corrected chi connectivity index (χ4v) is 2.43. The van der Waals surface area contributed by atoms with Crippen molar-refractivity contribution in [2.75, 3.05) is 7.11 Å². The van der Waals surface area contributed by atoms with E-state index >= 15 is 0 Å². The number of hydrogen-bond acceptors (Lipinski definition) is 5. The molecule has 6 nitrogen and oxygen atoms in total. The van der Waals surface area contributed by atoms with E-state index in [-0.39, 0.29) is 23.8 Å². The summed E-state index contributed by atoms with van der Waals surface area (Å²) in [7, 11) is 1.21. The standard InChI is InChI=1S/C19H26N2O4/c1-12(2)20-17(16(14(5)22)19(24)25-6)21(13(3)4)18(23)15-10-8-7-9-11-15/h7-13,16H,1-6H3. The highest BCUT2D eigenvalue weighted by Crippen LogP contribution is 2.17. The van der Waals surface area contributed by atoms with Crippen LogP contribution in [0, 0.1) is 5.92 Å². The van der Waals surface area contributed by atoms with Crippen molar-refractivity contribution in [3.63, 3.8) is 0 Å². The molecule has 136 valence electrons. The summed E-state index contributed by atoms with van der Waals surface area (Å²) in [6.45, 7) is 8.55. The molecule has 1 aromatic carbocycles. The van der Waals surface area contributed by atoms with E-state index in [0.29, 0.717) is 5.56 Å². The highest BCUT2D eigenvalue weighted by atomic mass is 16.5. The van der Waals surface area contributed by atoms with Gasteiger partial charge in [-0.25, -0.2) is 0 Å². The summed E-state index contributed by atoms with van der Waals surface area (Å²) in [6.07, 6.45) is 0. The maximum Gasteiger partial charge on any atom is 0.323 e. The molecule has 1 atom stereocenters. The molecule has 0 saturated carbocycles. The molecule has 0 heterocycles. The number of nitrogens with zero attached hydrogens (tertiary/aromatic N) is 2. The van der Waals surface area contributed by atoms with E-state index in [2.05, 4.69) is 4.99 Å². The van der Waals surface area contributed by atoms with Crippen LogP contribution in [0.5, 0.6) is 0 Å². The molecular formula is C19H26N2O4. The van der Waals surface area contributed by atoms with Crippen LogP contribution < -0.4 is 0 Å². The third kappa shape index (κ3) is 5.24. The second-order valence-corrected chi connectivity index (χ2v) is 6.28. The van der Waals surface area contributed by atoms with E-state index in [0.717, 1.165) is 0 Å². The van der Waals surface area contributed by atoms with E-state index in [1.54, 1.807) is 24.3 Å². The molecule has 0 fully saturated rings. The number of hydrogen-bond donors (Lipinski definition) is 0. The van der Waals surface area contributed by atoms with Gasteiger partial charge in [0.2, 0.25) is 0 Å². The predicted octanol–water partition coefficient (Wildman–Crippen LogP) is 2.72. The molecule has 1 rings (SSSR count). The van der Waals surface area contributed by atoms with E-state index in [1.165, 1.54) is 18.9 Å². The van der Waals surface area contributed by atoms with Gasteiger partial charge in [0, 0.05) is 17.6 Å². The average molecular weight is 346 g/mol. The number of aliphatic imine (C=N–C) groups is 1. The monoisotopic (exact) mass is 346 g/mol. The number of ether oxygens (including phenoxy) is 1. The zero-order valence-corrected chi connectivity index (χ0v) is 15.6. The Hall–Kier alpha value is -2.50. The third-order valence-electron chi connectivity index (χ3n) is 3.49. The SMILES string of the molecule is COC(=O)C(C(C)=O)C(=NC(C)C)N(C(=O)c1ccccc1)C(C)C. The molecule has 1 unspecified atom stereocenters. The van der Waals surface area contributed by atoms with E-state index < -0.39 is 17.7 Å². The van der Waals surface area contributed by atoms with Crippen LogP contribution in [-0.2, 0) is 14.3 Å². The molecule has 0 aliphatic carbocycles. The van der Waals surface area contributed by atoms with Crippen LogP contribution >= 0.6 is 0 Å². The number of methoxy groups -OCH3 is 1. The highest BCUT2D eigenvalue weighted by Gasteiger charge is 2.37. The smallest absolute Gasteiger partial charge is 0.323 e. The van der Waals surface area contributed by atoms with Gasteiger partial charge in [-0.3, -0.25) is 24.3 Å². The Bertz CT molecular complexity index is 651. The summed E-state index contributed by atoms with van der Waals surface area (Å²) in [5.74, 6) is -2.57. The lowest BCUT2D eigenvalue weighted by molar-refractivity contribution is -0.146. The van der Waals surface area contributed by atoms with Crippen molar-refractivity contribution in [1.29, 1.82) is 0 Å². The van der Waals surface area contributed by atoms with Gasteiger partial charge >= 0.3 is 5.97 Å². The Morgan fingerprint density at radius 1 is 1.04 bits per heavy atom. The molecule has 0 aromatic heterocycles. The summed E-state index contributed by atoms with van der Waals surface area (Å²) in [5.41, 5.74) is 0.458. The maximum absolute atomic E-state index is 13.0. The summed E-state index contributed by atoms with van der Waals surface area (Å²) in [4.78, 5) is 43.2. The summed E-state index contributed by atoms with van der Waals surface area (Å²) in [5, 5.41) is 0. The quantitative estimate of drug-likeness (QED) is 0.343. The summed E-state index contributed by atoms with van der Waals surface area (Å²) < 4.78 is 4.77. The van der Waals surface area contributed by atoms with Crippen LogP contribution in [-0.4, -0.2) is 47.6 Å². The molecule has 0 radical (unpaired) electrons. The number of Topliss-reactive ketones (excluding diaryl/α,β-unsaturated/α-hetero) is 1. The largest absolute Gasteiger partial charge is 0.468 e. The Balaban J connectivity index is 3.49. The molecule has 1 aromatic rings. The minimum absolute atomic E-state index is 0.123. The van der Waals surface area contributed by atoms with Crippen LogP contribution in [0.3, 0.4) is 0 Å². The van der Waals surface area contributed by atoms with Crippen LogP contribution in [0.15, 0.2) is 35.3 Å². The molecule has 25 heavy (non-hydrogen) atoms. The van der Waals surface area contributed by atoms with Gasteiger partial charge in [-0.2, -0.15) is 0 Å². The Morgan fingerprint density at radius 2 is 1.60 bits per heavy atom. The number of ketones is 1. The topological polar surface area (TPSA) is 76.0 Å². The van der Waals surface area contributed by atoms with E-state index in [4.69, 9.17) is 4.74 Å². The predicted molar refractivity (Wildman–Crippen MR) is 96.5 cm³/mol. The average Bonchev–Trinajstić information content (AvgIpc) is 2.54. The van der Waals surface area contributed by atoms with Gasteiger partial charge in [0.25, 0.3) is 5.91 Å². The zero-order valence-electron chi connectivity index (χ0n) is 15.6. The van der Waals surface area contributed by atoms with Crippen LogP contribution in [0.1, 0.15) is 45.0 Å². The van der Waals surface area contributed by atoms with Gasteiger partial charge in [-0.1, -0.05) is 18.2 Å². The molecule has 0 aliphatic rings. The number of carbonyl (C=O) groups is 3. The van der Waals surface area contributed by atoms with Gasteiger partial charge in [0.1, 0.15) is 5.84 Å². The van der Waals surface area contributed by atoms with E-state index in [9.17, 15) is 14.4 Å². The molecule has 0 N–H and O–H groups in total. The van der Waals surface area contributed by atoms with Gasteiger partial charge in [0.15, 0.2) is 11.7 Å². The molecule has 1 amide bonds. The van der Waals surface area contributed by atoms with Crippen LogP contribution in [0.4, 0.5) is 0 Å². The normalized spacial score (nSPS) is 12.9. The van der Waals surface area contributed by atoms with Gasteiger partial charge in [-0.15, -0.1) is 0 Å². The van der Waals surface area contributed by atoms with Crippen molar-refractivity contribution < 1.29 is 19.1 Å². The Morgan fingerprint density at radius 3 is 2.00 bits per heavy atom. The lowest BCUT2D eigenvalue weighted by Gasteiger charge is -2.31. The fourth-order valence-electron chi connectivity index (χ4n) is 2.43. The molecule has 0 aliphatic heterocycles. The number of amides is 1. The van der Waals surface area contributed by atoms with Gasteiger partial charge in [0.05, 0.1) is 7.11 Å². The lowest BCUT2D eigenvalue weighted by atomic mass is 10.0. The first-order valence-corrected chi connectivity index (χ1v) is 8.25. The molecule has 0 bridgehead atoms. The number of benzene rings is 1. The van der Waals surface area contributed by atoms with Gasteiger partial charge < -0.3 is 4.74 Å². The van der Waals surface area contributed by atoms with Crippen molar-refractivity contribution in [3.05, 3.63) is 35.9 Å². The Labute approximate surface area is 148 Å². The number of esters is 1. The lowest BCUT2D eigenvalue weighted by Crippen LogP contribution is -2.49. The first-order valence-electron chi connectivity index (χ1n) is 8.25. The fraction of sp³-hybridized carbons (Fsp3) is 0.474. The van der Waals surface area contributed by atoms with E-state index in [1.807, 2.05) is 33.8 Å². The zero-order chi connectivity index (χ0) is 19.1. The molecule has 0 saturated heterocycles. The summed E-state index contributed by atoms with van der Waals surface area (Å²) >= 11 is 0. The van der Waals surface area contributed by atoms with Gasteiger partial charge in [-0.05, 0) is 46.8 Å². The minimum atomic E-state index is -1.23. The number of rotatable bonds is 6. The molecule has 6 heteroatoms. The number of carbonyl (C=O) groups excluding carboxylic acids is 3.